The van der Waals surface area contributed by atoms with Gasteiger partial charge < -0.3 is 4.98 Å². The first-order valence-electron chi connectivity index (χ1n) is 7.28. The molecule has 2 heterocycles. The van der Waals surface area contributed by atoms with Gasteiger partial charge in [0.25, 0.3) is 5.56 Å². The largest absolute Gasteiger partial charge is 0.329 e. The fourth-order valence-electron chi connectivity index (χ4n) is 2.81. The Bertz CT molecular complexity index is 1140. The number of aromatic amines is 1. The van der Waals surface area contributed by atoms with Gasteiger partial charge in [-0.1, -0.05) is 36.4 Å². The molecule has 5 heteroatoms. The summed E-state index contributed by atoms with van der Waals surface area (Å²) in [6, 6.07) is 16.6. The summed E-state index contributed by atoms with van der Waals surface area (Å²) in [4.78, 5) is 32.0. The average molecular weight is 303 g/mol. The lowest BCUT2D eigenvalue weighted by Crippen LogP contribution is -2.35. The van der Waals surface area contributed by atoms with Crippen molar-refractivity contribution >= 4 is 21.8 Å². The van der Waals surface area contributed by atoms with Crippen molar-refractivity contribution in [3.63, 3.8) is 0 Å². The van der Waals surface area contributed by atoms with Crippen LogP contribution in [0.3, 0.4) is 0 Å². The number of benzene rings is 2. The number of fused-ring (bicyclic) bond motifs is 2. The fourth-order valence-corrected chi connectivity index (χ4v) is 2.81. The Morgan fingerprint density at radius 2 is 1.78 bits per heavy atom. The van der Waals surface area contributed by atoms with E-state index in [0.29, 0.717) is 10.9 Å². The summed E-state index contributed by atoms with van der Waals surface area (Å²) in [6.07, 6.45) is 1.71. The second-order valence-corrected chi connectivity index (χ2v) is 5.36. The topological polar surface area (TPSA) is 67.8 Å². The number of H-pyrrole nitrogens is 1. The first kappa shape index (κ1) is 13.5. The van der Waals surface area contributed by atoms with Gasteiger partial charge in [-0.15, -0.1) is 0 Å². The van der Waals surface area contributed by atoms with Gasteiger partial charge in [0.2, 0.25) is 0 Å². The van der Waals surface area contributed by atoms with Crippen LogP contribution in [0.5, 0.6) is 0 Å². The predicted molar refractivity (Wildman–Crippen MR) is 89.7 cm³/mol. The van der Waals surface area contributed by atoms with Crippen molar-refractivity contribution in [2.24, 2.45) is 0 Å². The van der Waals surface area contributed by atoms with Crippen molar-refractivity contribution in [2.45, 2.75) is 6.54 Å². The molecule has 1 N–H and O–H groups in total. The Labute approximate surface area is 130 Å². The standard InChI is InChI=1S/C18H13N3O2/c22-17-14-8-1-2-9-15(14)20-18(23)21(17)11-13-6-3-5-12-7-4-10-19-16(12)13/h1-10H,11H2,(H,20,23). The zero-order chi connectivity index (χ0) is 15.8. The number of hydrogen-bond acceptors (Lipinski definition) is 3. The van der Waals surface area contributed by atoms with Crippen molar-refractivity contribution in [2.75, 3.05) is 0 Å². The fraction of sp³-hybridized carbons (Fsp3) is 0.0556. The van der Waals surface area contributed by atoms with Gasteiger partial charge in [0.15, 0.2) is 0 Å². The molecule has 0 unspecified atom stereocenters. The van der Waals surface area contributed by atoms with Crippen LogP contribution < -0.4 is 11.2 Å². The van der Waals surface area contributed by atoms with Gasteiger partial charge >= 0.3 is 5.69 Å². The maximum Gasteiger partial charge on any atom is 0.329 e. The number of pyridine rings is 1. The molecule has 0 amide bonds. The molecule has 112 valence electrons. The summed E-state index contributed by atoms with van der Waals surface area (Å²) in [6.45, 7) is 0.188. The summed E-state index contributed by atoms with van der Waals surface area (Å²) in [5, 5.41) is 1.48. The van der Waals surface area contributed by atoms with Crippen molar-refractivity contribution < 1.29 is 0 Å². The molecule has 23 heavy (non-hydrogen) atoms. The lowest BCUT2D eigenvalue weighted by molar-refractivity contribution is 0.714. The minimum absolute atomic E-state index is 0.188. The molecule has 0 saturated heterocycles. The zero-order valence-electron chi connectivity index (χ0n) is 12.2. The molecule has 0 saturated carbocycles. The molecule has 5 nitrogen and oxygen atoms in total. The normalized spacial score (nSPS) is 11.1. The van der Waals surface area contributed by atoms with Gasteiger partial charge in [-0.05, 0) is 23.8 Å². The van der Waals surface area contributed by atoms with E-state index in [2.05, 4.69) is 9.97 Å². The number of aromatic nitrogens is 3. The minimum Gasteiger partial charge on any atom is -0.307 e. The van der Waals surface area contributed by atoms with Gasteiger partial charge in [0, 0.05) is 11.6 Å². The van der Waals surface area contributed by atoms with E-state index in [1.165, 1.54) is 4.57 Å². The third-order valence-corrected chi connectivity index (χ3v) is 3.93. The number of para-hydroxylation sites is 2. The molecule has 0 spiro atoms. The highest BCUT2D eigenvalue weighted by Gasteiger charge is 2.09. The van der Waals surface area contributed by atoms with E-state index in [9.17, 15) is 9.59 Å². The second-order valence-electron chi connectivity index (χ2n) is 5.36. The molecular formula is C18H13N3O2. The Kier molecular flexibility index (Phi) is 3.05. The first-order chi connectivity index (χ1) is 11.2. The minimum atomic E-state index is -0.415. The predicted octanol–water partition coefficient (Wildman–Crippen LogP) is 2.29. The summed E-state index contributed by atoms with van der Waals surface area (Å²) in [7, 11) is 0. The zero-order valence-corrected chi connectivity index (χ0v) is 12.2. The first-order valence-corrected chi connectivity index (χ1v) is 7.28. The van der Waals surface area contributed by atoms with E-state index >= 15 is 0 Å². The lowest BCUT2D eigenvalue weighted by atomic mass is 10.1. The molecular weight excluding hydrogens is 290 g/mol. The highest BCUT2D eigenvalue weighted by Crippen LogP contribution is 2.16. The summed E-state index contributed by atoms with van der Waals surface area (Å²) >= 11 is 0. The number of nitrogens with zero attached hydrogens (tertiary/aromatic N) is 2. The van der Waals surface area contributed by atoms with E-state index in [4.69, 9.17) is 0 Å². The number of rotatable bonds is 2. The van der Waals surface area contributed by atoms with Crippen LogP contribution in [0.1, 0.15) is 5.56 Å². The van der Waals surface area contributed by atoms with Crippen LogP contribution in [0.4, 0.5) is 0 Å². The van der Waals surface area contributed by atoms with Crippen LogP contribution in [0.2, 0.25) is 0 Å². The van der Waals surface area contributed by atoms with Crippen LogP contribution in [-0.4, -0.2) is 14.5 Å². The van der Waals surface area contributed by atoms with Crippen molar-refractivity contribution in [3.05, 3.63) is 87.2 Å². The van der Waals surface area contributed by atoms with Gasteiger partial charge in [-0.3, -0.25) is 14.3 Å². The number of hydrogen-bond donors (Lipinski definition) is 1. The Balaban J connectivity index is 1.93. The van der Waals surface area contributed by atoms with Crippen LogP contribution in [-0.2, 0) is 6.54 Å². The molecule has 0 radical (unpaired) electrons. The second kappa shape index (κ2) is 5.21. The van der Waals surface area contributed by atoms with Gasteiger partial charge in [0.1, 0.15) is 0 Å². The Hall–Kier alpha value is -3.21. The van der Waals surface area contributed by atoms with E-state index in [1.807, 2.05) is 30.3 Å². The van der Waals surface area contributed by atoms with Gasteiger partial charge in [-0.25, -0.2) is 4.79 Å². The maximum atomic E-state index is 12.6. The van der Waals surface area contributed by atoms with Crippen LogP contribution in [0, 0.1) is 0 Å². The lowest BCUT2D eigenvalue weighted by Gasteiger charge is -2.08. The highest BCUT2D eigenvalue weighted by molar-refractivity contribution is 5.81. The SMILES string of the molecule is O=c1[nH]c2ccccc2c(=O)n1Cc1cccc2cccnc12. The summed E-state index contributed by atoms with van der Waals surface area (Å²) in [5.74, 6) is 0. The van der Waals surface area contributed by atoms with E-state index in [0.717, 1.165) is 16.5 Å². The van der Waals surface area contributed by atoms with Crippen molar-refractivity contribution in [1.29, 1.82) is 0 Å². The molecule has 2 aromatic heterocycles. The van der Waals surface area contributed by atoms with E-state index < -0.39 is 5.69 Å². The third-order valence-electron chi connectivity index (χ3n) is 3.93. The average Bonchev–Trinajstić information content (AvgIpc) is 2.59. The molecule has 0 atom stereocenters. The summed E-state index contributed by atoms with van der Waals surface area (Å²) < 4.78 is 1.21. The smallest absolute Gasteiger partial charge is 0.307 e. The van der Waals surface area contributed by atoms with Gasteiger partial charge in [0.05, 0.1) is 23.0 Å². The molecule has 0 bridgehead atoms. The van der Waals surface area contributed by atoms with Crippen molar-refractivity contribution in [3.8, 4) is 0 Å². The molecule has 0 fully saturated rings. The third kappa shape index (κ3) is 2.23. The molecule has 0 aliphatic heterocycles. The van der Waals surface area contributed by atoms with E-state index in [1.54, 1.807) is 30.5 Å². The maximum absolute atomic E-state index is 12.6. The molecule has 4 aromatic rings. The molecule has 0 aliphatic carbocycles. The highest BCUT2D eigenvalue weighted by atomic mass is 16.2. The van der Waals surface area contributed by atoms with Crippen LogP contribution in [0.25, 0.3) is 21.8 Å². The van der Waals surface area contributed by atoms with Crippen LogP contribution in [0.15, 0.2) is 70.4 Å². The van der Waals surface area contributed by atoms with Gasteiger partial charge in [-0.2, -0.15) is 0 Å². The van der Waals surface area contributed by atoms with E-state index in [-0.39, 0.29) is 12.1 Å². The Morgan fingerprint density at radius 1 is 0.957 bits per heavy atom. The summed E-state index contributed by atoms with van der Waals surface area (Å²) in [5.41, 5.74) is 1.48. The monoisotopic (exact) mass is 303 g/mol. The molecule has 0 aliphatic rings. The van der Waals surface area contributed by atoms with Crippen LogP contribution >= 0.6 is 0 Å². The Morgan fingerprint density at radius 3 is 2.70 bits per heavy atom. The molecule has 2 aromatic carbocycles. The van der Waals surface area contributed by atoms with Crippen molar-refractivity contribution in [1.82, 2.24) is 14.5 Å². The number of nitrogens with one attached hydrogen (secondary N) is 1. The molecule has 4 rings (SSSR count). The quantitative estimate of drug-likeness (QED) is 0.618.